The fourth-order valence-electron chi connectivity index (χ4n) is 1.51. The standard InChI is InChI=1S/C12H16F2N2O2.ClH/c1-7(16-12(17)10(15)6-18-2)8-4-3-5-9(13)11(8)14;/h3-5,7,10H,6,15H2,1-2H3,(H,16,17);1H. The van der Waals surface area contributed by atoms with Crippen molar-refractivity contribution in [1.82, 2.24) is 5.32 Å². The molecule has 0 heterocycles. The van der Waals surface area contributed by atoms with Crippen LogP contribution in [0.25, 0.3) is 0 Å². The van der Waals surface area contributed by atoms with Gasteiger partial charge in [0, 0.05) is 12.7 Å². The number of rotatable bonds is 5. The van der Waals surface area contributed by atoms with E-state index in [1.54, 1.807) is 6.92 Å². The molecule has 0 aliphatic carbocycles. The maximum absolute atomic E-state index is 13.5. The van der Waals surface area contributed by atoms with Gasteiger partial charge in [-0.1, -0.05) is 12.1 Å². The molecule has 0 radical (unpaired) electrons. The van der Waals surface area contributed by atoms with Gasteiger partial charge in [0.15, 0.2) is 11.6 Å². The Bertz CT molecular complexity index is 432. The number of halogens is 3. The van der Waals surface area contributed by atoms with Gasteiger partial charge < -0.3 is 15.8 Å². The minimum Gasteiger partial charge on any atom is -0.383 e. The Labute approximate surface area is 116 Å². The minimum atomic E-state index is -0.967. The summed E-state index contributed by atoms with van der Waals surface area (Å²) in [6.07, 6.45) is 0. The van der Waals surface area contributed by atoms with Crippen LogP contribution in [0.5, 0.6) is 0 Å². The van der Waals surface area contributed by atoms with Crippen molar-refractivity contribution in [3.05, 3.63) is 35.4 Å². The summed E-state index contributed by atoms with van der Waals surface area (Å²) in [7, 11) is 1.42. The molecule has 108 valence electrons. The summed E-state index contributed by atoms with van der Waals surface area (Å²) >= 11 is 0. The van der Waals surface area contributed by atoms with Crippen LogP contribution in [-0.4, -0.2) is 25.7 Å². The van der Waals surface area contributed by atoms with Crippen LogP contribution < -0.4 is 11.1 Å². The Balaban J connectivity index is 0.00000324. The number of carbonyl (C=O) groups is 1. The zero-order valence-corrected chi connectivity index (χ0v) is 11.5. The van der Waals surface area contributed by atoms with E-state index < -0.39 is 29.6 Å². The van der Waals surface area contributed by atoms with Gasteiger partial charge >= 0.3 is 0 Å². The van der Waals surface area contributed by atoms with E-state index >= 15 is 0 Å². The summed E-state index contributed by atoms with van der Waals surface area (Å²) < 4.78 is 31.2. The lowest BCUT2D eigenvalue weighted by molar-refractivity contribution is -0.124. The molecule has 7 heteroatoms. The van der Waals surface area contributed by atoms with E-state index in [1.807, 2.05) is 0 Å². The monoisotopic (exact) mass is 294 g/mol. The van der Waals surface area contributed by atoms with Crippen molar-refractivity contribution in [2.75, 3.05) is 13.7 Å². The second-order valence-electron chi connectivity index (χ2n) is 3.94. The largest absolute Gasteiger partial charge is 0.383 e. The third-order valence-electron chi connectivity index (χ3n) is 2.49. The van der Waals surface area contributed by atoms with Crippen molar-refractivity contribution in [2.24, 2.45) is 5.73 Å². The van der Waals surface area contributed by atoms with Crippen LogP contribution in [0, 0.1) is 11.6 Å². The van der Waals surface area contributed by atoms with Crippen LogP contribution in [-0.2, 0) is 9.53 Å². The number of nitrogens with one attached hydrogen (secondary N) is 1. The number of hydrogen-bond donors (Lipinski definition) is 2. The predicted octanol–water partition coefficient (Wildman–Crippen LogP) is 1.54. The van der Waals surface area contributed by atoms with Crippen LogP contribution in [0.1, 0.15) is 18.5 Å². The van der Waals surface area contributed by atoms with Crippen LogP contribution in [0.15, 0.2) is 18.2 Å². The van der Waals surface area contributed by atoms with E-state index in [2.05, 4.69) is 5.32 Å². The fourth-order valence-corrected chi connectivity index (χ4v) is 1.51. The lowest BCUT2D eigenvalue weighted by Crippen LogP contribution is -2.44. The Morgan fingerprint density at radius 2 is 2.11 bits per heavy atom. The average molecular weight is 295 g/mol. The van der Waals surface area contributed by atoms with Crippen molar-refractivity contribution in [3.63, 3.8) is 0 Å². The molecule has 0 saturated heterocycles. The molecule has 3 N–H and O–H groups in total. The summed E-state index contributed by atoms with van der Waals surface area (Å²) in [6, 6.07) is 2.30. The predicted molar refractivity (Wildman–Crippen MR) is 70.0 cm³/mol. The summed E-state index contributed by atoms with van der Waals surface area (Å²) in [5.41, 5.74) is 5.59. The van der Waals surface area contributed by atoms with Crippen LogP contribution in [0.2, 0.25) is 0 Å². The van der Waals surface area contributed by atoms with E-state index in [4.69, 9.17) is 10.5 Å². The first-order chi connectivity index (χ1) is 8.47. The summed E-state index contributed by atoms with van der Waals surface area (Å²) in [6.45, 7) is 1.61. The molecule has 1 aromatic rings. The van der Waals surface area contributed by atoms with E-state index in [0.29, 0.717) is 0 Å². The van der Waals surface area contributed by atoms with Crippen LogP contribution in [0.4, 0.5) is 8.78 Å². The molecule has 0 aromatic heterocycles. The highest BCUT2D eigenvalue weighted by Crippen LogP contribution is 2.18. The van der Waals surface area contributed by atoms with Crippen molar-refractivity contribution in [2.45, 2.75) is 19.0 Å². The third-order valence-corrected chi connectivity index (χ3v) is 2.49. The molecule has 0 fully saturated rings. The van der Waals surface area contributed by atoms with E-state index in [1.165, 1.54) is 19.2 Å². The fraction of sp³-hybridized carbons (Fsp3) is 0.417. The van der Waals surface area contributed by atoms with Gasteiger partial charge in [0.25, 0.3) is 0 Å². The lowest BCUT2D eigenvalue weighted by Gasteiger charge is -2.18. The highest BCUT2D eigenvalue weighted by Gasteiger charge is 2.19. The normalized spacial score (nSPS) is 13.3. The van der Waals surface area contributed by atoms with E-state index in [-0.39, 0.29) is 24.6 Å². The van der Waals surface area contributed by atoms with Crippen molar-refractivity contribution in [3.8, 4) is 0 Å². The molecule has 0 aliphatic heterocycles. The molecular formula is C12H17ClF2N2O2. The minimum absolute atomic E-state index is 0. The maximum Gasteiger partial charge on any atom is 0.239 e. The number of nitrogens with two attached hydrogens (primary N) is 1. The maximum atomic E-state index is 13.5. The number of amides is 1. The summed E-state index contributed by atoms with van der Waals surface area (Å²) in [5, 5.41) is 2.50. The van der Waals surface area contributed by atoms with Gasteiger partial charge in [-0.05, 0) is 13.0 Å². The molecule has 1 rings (SSSR count). The molecule has 0 aliphatic rings. The molecule has 0 saturated carbocycles. The molecular weight excluding hydrogens is 278 g/mol. The Kier molecular flexibility index (Phi) is 7.51. The smallest absolute Gasteiger partial charge is 0.239 e. The molecule has 1 amide bonds. The zero-order valence-electron chi connectivity index (χ0n) is 10.7. The van der Waals surface area contributed by atoms with Gasteiger partial charge in [0.1, 0.15) is 6.04 Å². The number of methoxy groups -OCH3 is 1. The summed E-state index contributed by atoms with van der Waals surface area (Å²) in [4.78, 5) is 11.6. The molecule has 19 heavy (non-hydrogen) atoms. The Morgan fingerprint density at radius 3 is 2.68 bits per heavy atom. The summed E-state index contributed by atoms with van der Waals surface area (Å²) in [5.74, 6) is -2.39. The van der Waals surface area contributed by atoms with E-state index in [9.17, 15) is 13.6 Å². The Hall–Kier alpha value is -1.24. The first-order valence-electron chi connectivity index (χ1n) is 5.46. The molecule has 4 nitrogen and oxygen atoms in total. The molecule has 0 spiro atoms. The quantitative estimate of drug-likeness (QED) is 0.866. The zero-order chi connectivity index (χ0) is 13.7. The number of carbonyl (C=O) groups excluding carboxylic acids is 1. The first kappa shape index (κ1) is 17.8. The average Bonchev–Trinajstić information content (AvgIpc) is 2.32. The second kappa shape index (κ2) is 8.04. The van der Waals surface area contributed by atoms with E-state index in [0.717, 1.165) is 6.07 Å². The van der Waals surface area contributed by atoms with Gasteiger partial charge in [-0.2, -0.15) is 0 Å². The van der Waals surface area contributed by atoms with Gasteiger partial charge in [0.2, 0.25) is 5.91 Å². The van der Waals surface area contributed by atoms with Gasteiger partial charge in [-0.15, -0.1) is 12.4 Å². The molecule has 0 bridgehead atoms. The number of benzene rings is 1. The first-order valence-corrected chi connectivity index (χ1v) is 5.46. The topological polar surface area (TPSA) is 64.3 Å². The van der Waals surface area contributed by atoms with Crippen LogP contribution >= 0.6 is 12.4 Å². The Morgan fingerprint density at radius 1 is 1.47 bits per heavy atom. The third kappa shape index (κ3) is 4.74. The SMILES string of the molecule is COCC(N)C(=O)NC(C)c1cccc(F)c1F.Cl. The number of ether oxygens (including phenoxy) is 1. The second-order valence-corrected chi connectivity index (χ2v) is 3.94. The van der Waals surface area contributed by atoms with Gasteiger partial charge in [0.05, 0.1) is 12.6 Å². The highest BCUT2D eigenvalue weighted by molar-refractivity contribution is 5.85. The molecule has 2 unspecified atom stereocenters. The van der Waals surface area contributed by atoms with Crippen molar-refractivity contribution >= 4 is 18.3 Å². The lowest BCUT2D eigenvalue weighted by atomic mass is 10.1. The van der Waals surface area contributed by atoms with Crippen molar-refractivity contribution < 1.29 is 18.3 Å². The van der Waals surface area contributed by atoms with Gasteiger partial charge in [-0.25, -0.2) is 8.78 Å². The van der Waals surface area contributed by atoms with Gasteiger partial charge in [-0.3, -0.25) is 4.79 Å². The number of hydrogen-bond acceptors (Lipinski definition) is 3. The van der Waals surface area contributed by atoms with Crippen LogP contribution in [0.3, 0.4) is 0 Å². The molecule has 1 aromatic carbocycles. The highest BCUT2D eigenvalue weighted by atomic mass is 35.5. The van der Waals surface area contributed by atoms with Crippen molar-refractivity contribution in [1.29, 1.82) is 0 Å². The molecule has 2 atom stereocenters.